The molecule has 2 N–H and O–H groups in total. The average Bonchev–Trinajstić information content (AvgIpc) is 2.42. The third-order valence-electron chi connectivity index (χ3n) is 2.95. The van der Waals surface area contributed by atoms with Crippen molar-refractivity contribution < 1.29 is 14.3 Å². The minimum Gasteiger partial charge on any atom is -0.325 e. The van der Waals surface area contributed by atoms with E-state index in [1.165, 1.54) is 19.3 Å². The molecule has 2 aliphatic carbocycles. The van der Waals surface area contributed by atoms with Crippen LogP contribution in [0.1, 0.15) is 25.7 Å². The monoisotopic (exact) mass is 208 g/mol. The molecule has 0 saturated heterocycles. The smallest absolute Gasteiger partial charge is 0.322 e. The number of fused-ring (bicyclic) bond motifs is 2. The lowest BCUT2D eigenvalue weighted by atomic mass is 9.98. The maximum Gasteiger partial charge on any atom is 0.322 e. The summed E-state index contributed by atoms with van der Waals surface area (Å²) >= 11 is 4.44. The van der Waals surface area contributed by atoms with Gasteiger partial charge < -0.3 is 14.3 Å². The molecule has 3 unspecified atom stereocenters. The van der Waals surface area contributed by atoms with Gasteiger partial charge in [0, 0.05) is 0 Å². The fourth-order valence-electron chi connectivity index (χ4n) is 2.49. The van der Waals surface area contributed by atoms with Crippen molar-refractivity contribution in [3.8, 4) is 0 Å². The summed E-state index contributed by atoms with van der Waals surface area (Å²) in [6, 6.07) is 0. The molecular formula is C7H13O3PS. The summed E-state index contributed by atoms with van der Waals surface area (Å²) < 4.78 is 5.07. The Morgan fingerprint density at radius 1 is 1.25 bits per heavy atom. The van der Waals surface area contributed by atoms with E-state index in [2.05, 4.69) is 11.8 Å². The van der Waals surface area contributed by atoms with Crippen molar-refractivity contribution in [2.45, 2.75) is 31.8 Å². The summed E-state index contributed by atoms with van der Waals surface area (Å²) in [4.78, 5) is 17.9. The van der Waals surface area contributed by atoms with Gasteiger partial charge >= 0.3 is 6.72 Å². The van der Waals surface area contributed by atoms with E-state index in [-0.39, 0.29) is 6.10 Å². The minimum absolute atomic E-state index is 0.0320. The Morgan fingerprint density at radius 2 is 2.00 bits per heavy atom. The van der Waals surface area contributed by atoms with Gasteiger partial charge in [-0.15, -0.1) is 0 Å². The van der Waals surface area contributed by atoms with E-state index in [0.29, 0.717) is 5.92 Å². The van der Waals surface area contributed by atoms with Gasteiger partial charge in [-0.2, -0.15) is 0 Å². The van der Waals surface area contributed by atoms with Gasteiger partial charge in [0.25, 0.3) is 0 Å². The molecule has 3 nitrogen and oxygen atoms in total. The van der Waals surface area contributed by atoms with Gasteiger partial charge in [0.05, 0.1) is 6.10 Å². The van der Waals surface area contributed by atoms with Gasteiger partial charge in [0.15, 0.2) is 0 Å². The first-order valence-electron chi connectivity index (χ1n) is 4.28. The van der Waals surface area contributed by atoms with Crippen LogP contribution < -0.4 is 0 Å². The van der Waals surface area contributed by atoms with Crippen molar-refractivity contribution in [2.24, 2.45) is 11.8 Å². The topological polar surface area (TPSA) is 49.7 Å². The fraction of sp³-hybridized carbons (Fsp3) is 1.00. The van der Waals surface area contributed by atoms with Crippen molar-refractivity contribution in [1.82, 2.24) is 0 Å². The zero-order valence-electron chi connectivity index (χ0n) is 6.72. The highest BCUT2D eigenvalue weighted by molar-refractivity contribution is 8.06. The largest absolute Gasteiger partial charge is 0.325 e. The second-order valence-electron chi connectivity index (χ2n) is 3.81. The van der Waals surface area contributed by atoms with Gasteiger partial charge in [-0.1, -0.05) is 0 Å². The van der Waals surface area contributed by atoms with Crippen molar-refractivity contribution in [3.63, 3.8) is 0 Å². The molecule has 2 saturated carbocycles. The van der Waals surface area contributed by atoms with E-state index in [1.54, 1.807) is 0 Å². The van der Waals surface area contributed by atoms with Crippen LogP contribution in [-0.2, 0) is 16.3 Å². The molecule has 0 aromatic rings. The molecule has 2 bridgehead atoms. The van der Waals surface area contributed by atoms with Crippen molar-refractivity contribution in [2.75, 3.05) is 0 Å². The Bertz CT molecular complexity index is 227. The van der Waals surface area contributed by atoms with E-state index in [0.717, 1.165) is 12.3 Å². The summed E-state index contributed by atoms with van der Waals surface area (Å²) in [5.41, 5.74) is 0. The maximum absolute atomic E-state index is 8.97. The maximum atomic E-state index is 8.97. The molecule has 3 atom stereocenters. The molecule has 0 aromatic carbocycles. The third kappa shape index (κ3) is 1.88. The minimum atomic E-state index is -3.41. The number of hydrogen-bond acceptors (Lipinski definition) is 2. The highest BCUT2D eigenvalue weighted by Gasteiger charge is 2.41. The van der Waals surface area contributed by atoms with Crippen LogP contribution in [0.2, 0.25) is 0 Å². The van der Waals surface area contributed by atoms with Gasteiger partial charge in [-0.3, -0.25) is 0 Å². The summed E-state index contributed by atoms with van der Waals surface area (Å²) in [5.74, 6) is 1.29. The van der Waals surface area contributed by atoms with E-state index in [9.17, 15) is 0 Å². The van der Waals surface area contributed by atoms with Crippen molar-refractivity contribution in [1.29, 1.82) is 0 Å². The molecule has 12 heavy (non-hydrogen) atoms. The fourth-order valence-corrected chi connectivity index (χ4v) is 3.43. The summed E-state index contributed by atoms with van der Waals surface area (Å²) in [6.45, 7) is -3.41. The Labute approximate surface area is 77.0 Å². The predicted molar refractivity (Wildman–Crippen MR) is 49.0 cm³/mol. The highest BCUT2D eigenvalue weighted by atomic mass is 32.5. The first-order chi connectivity index (χ1) is 5.54. The number of rotatable bonds is 2. The van der Waals surface area contributed by atoms with Crippen LogP contribution in [0.5, 0.6) is 0 Å². The molecule has 70 valence electrons. The first-order valence-corrected chi connectivity index (χ1v) is 6.91. The molecule has 2 fully saturated rings. The highest BCUT2D eigenvalue weighted by Crippen LogP contribution is 2.51. The summed E-state index contributed by atoms with van der Waals surface area (Å²) in [5, 5.41) is 0. The van der Waals surface area contributed by atoms with Crippen LogP contribution in [0.25, 0.3) is 0 Å². The van der Waals surface area contributed by atoms with Crippen LogP contribution in [0, 0.1) is 11.8 Å². The molecule has 0 aromatic heterocycles. The van der Waals surface area contributed by atoms with E-state index in [4.69, 9.17) is 14.3 Å². The third-order valence-corrected chi connectivity index (χ3v) is 3.75. The number of hydrogen-bond donors (Lipinski definition) is 2. The molecule has 5 heteroatoms. The normalized spacial score (nSPS) is 40.7. The average molecular weight is 208 g/mol. The lowest BCUT2D eigenvalue weighted by Crippen LogP contribution is -2.18. The molecular weight excluding hydrogens is 195 g/mol. The Balaban J connectivity index is 1.95. The Morgan fingerprint density at radius 3 is 2.42 bits per heavy atom. The Hall–Kier alpha value is 0.530. The van der Waals surface area contributed by atoms with Crippen LogP contribution in [0.3, 0.4) is 0 Å². The second kappa shape index (κ2) is 3.03. The van der Waals surface area contributed by atoms with Crippen molar-refractivity contribution in [3.05, 3.63) is 0 Å². The van der Waals surface area contributed by atoms with Crippen LogP contribution in [0.15, 0.2) is 0 Å². The SMILES string of the molecule is OP(O)(=S)OC1CC2CCC1C2. The Kier molecular flexibility index (Phi) is 2.30. The zero-order valence-corrected chi connectivity index (χ0v) is 8.43. The zero-order chi connectivity index (χ0) is 8.77. The molecule has 2 rings (SSSR count). The standard InChI is InChI=1S/C7H13O3PS/c8-11(9,12)10-7-4-5-1-2-6(7)3-5/h5-7H,1-4H2,(H2,8,9,12). The molecule has 0 aliphatic heterocycles. The van der Waals surface area contributed by atoms with Crippen molar-refractivity contribution >= 4 is 18.5 Å². The lowest BCUT2D eigenvalue weighted by Gasteiger charge is -2.23. The lowest BCUT2D eigenvalue weighted by molar-refractivity contribution is 0.117. The van der Waals surface area contributed by atoms with Gasteiger partial charge in [0.1, 0.15) is 0 Å². The molecule has 0 amide bonds. The quantitative estimate of drug-likeness (QED) is 0.673. The molecule has 2 aliphatic rings. The predicted octanol–water partition coefficient (Wildman–Crippen LogP) is 1.40. The molecule has 0 radical (unpaired) electrons. The molecule has 0 heterocycles. The second-order valence-corrected chi connectivity index (χ2v) is 6.43. The van der Waals surface area contributed by atoms with E-state index in [1.807, 2.05) is 0 Å². The van der Waals surface area contributed by atoms with Crippen LogP contribution in [-0.4, -0.2) is 15.9 Å². The summed E-state index contributed by atoms with van der Waals surface area (Å²) in [7, 11) is 0. The van der Waals surface area contributed by atoms with Crippen LogP contribution in [0.4, 0.5) is 0 Å². The van der Waals surface area contributed by atoms with Gasteiger partial charge in [-0.25, -0.2) is 0 Å². The summed E-state index contributed by atoms with van der Waals surface area (Å²) in [6.07, 6.45) is 4.66. The first kappa shape index (κ1) is 9.10. The van der Waals surface area contributed by atoms with Gasteiger partial charge in [-0.05, 0) is 49.3 Å². The van der Waals surface area contributed by atoms with Crippen LogP contribution >= 0.6 is 6.72 Å². The van der Waals surface area contributed by atoms with E-state index < -0.39 is 6.72 Å². The van der Waals surface area contributed by atoms with E-state index >= 15 is 0 Å². The molecule has 0 spiro atoms. The van der Waals surface area contributed by atoms with Gasteiger partial charge in [0.2, 0.25) is 0 Å².